The van der Waals surface area contributed by atoms with Gasteiger partial charge in [-0.15, -0.1) is 0 Å². The summed E-state index contributed by atoms with van der Waals surface area (Å²) in [4.78, 5) is 103. The van der Waals surface area contributed by atoms with Crippen molar-refractivity contribution in [3.05, 3.63) is 293 Å². The zero-order valence-corrected chi connectivity index (χ0v) is 63.2. The number of nitrogens with zero attached hydrogens (tertiary/aromatic N) is 13. The quantitative estimate of drug-likeness (QED) is 0.0810. The van der Waals surface area contributed by atoms with Gasteiger partial charge in [0.1, 0.15) is 16.8 Å². The van der Waals surface area contributed by atoms with E-state index in [2.05, 4.69) is 51.0 Å². The van der Waals surface area contributed by atoms with Crippen LogP contribution in [0, 0.1) is 20.8 Å². The monoisotopic (exact) mass is 1500 g/mol. The molecule has 6 aromatic carbocycles. The Kier molecular flexibility index (Phi) is 21.6. The van der Waals surface area contributed by atoms with Crippen molar-refractivity contribution < 1.29 is 27.5 Å². The topological polar surface area (TPSA) is 289 Å². The number of rotatable bonds is 16. The molecule has 1 saturated heterocycles. The van der Waals surface area contributed by atoms with Crippen molar-refractivity contribution in [1.82, 2.24) is 68.8 Å². The third kappa shape index (κ3) is 15.6. The van der Waals surface area contributed by atoms with E-state index in [1.807, 2.05) is 148 Å². The molecule has 0 radical (unpaired) electrons. The van der Waals surface area contributed by atoms with Crippen molar-refractivity contribution in [3.63, 3.8) is 0 Å². The maximum absolute atomic E-state index is 14.2. The van der Waals surface area contributed by atoms with E-state index in [1.54, 1.807) is 138 Å². The average molecular weight is 1500 g/mol. The molecule has 14 aromatic rings. The van der Waals surface area contributed by atoms with Gasteiger partial charge in [-0.25, -0.2) is 32.4 Å². The molecular formula is C82H79ClN16O9S. The molecule has 1 fully saturated rings. The van der Waals surface area contributed by atoms with Gasteiger partial charge in [0, 0.05) is 105 Å². The summed E-state index contributed by atoms with van der Waals surface area (Å²) in [5.41, 5.74) is 9.96. The van der Waals surface area contributed by atoms with Crippen molar-refractivity contribution in [3.8, 4) is 22.6 Å². The molecule has 15 rings (SSSR count). The number of benzene rings is 6. The van der Waals surface area contributed by atoms with Crippen molar-refractivity contribution in [2.24, 2.45) is 7.05 Å². The van der Waals surface area contributed by atoms with Crippen LogP contribution in [0.5, 0.6) is 0 Å². The summed E-state index contributed by atoms with van der Waals surface area (Å²) >= 11 is 6.23. The maximum Gasteiger partial charge on any atom is 0.272 e. The number of amides is 3. The van der Waals surface area contributed by atoms with Crippen LogP contribution in [0.25, 0.3) is 66.2 Å². The van der Waals surface area contributed by atoms with Crippen LogP contribution < -0.4 is 42.4 Å². The molecular weight excluding hydrogens is 1420 g/mol. The van der Waals surface area contributed by atoms with Crippen LogP contribution in [-0.2, 0) is 27.4 Å². The minimum Gasteiger partial charge on any atom is -0.378 e. The van der Waals surface area contributed by atoms with Gasteiger partial charge in [-0.05, 0) is 142 Å². The minimum absolute atomic E-state index is 0.0965. The van der Waals surface area contributed by atoms with Gasteiger partial charge >= 0.3 is 0 Å². The lowest BCUT2D eigenvalue weighted by Gasteiger charge is -2.30. The highest BCUT2D eigenvalue weighted by Gasteiger charge is 2.28. The Morgan fingerprint density at radius 1 is 0.560 bits per heavy atom. The number of carbonyl (C=O) groups is 3. The number of fused-ring (bicyclic) bond motifs is 5. The molecule has 3 N–H and O–H groups in total. The van der Waals surface area contributed by atoms with E-state index in [1.165, 1.54) is 10.8 Å². The van der Waals surface area contributed by atoms with Gasteiger partial charge in [-0.3, -0.25) is 42.9 Å². The number of morpholine rings is 1. The predicted octanol–water partition coefficient (Wildman–Crippen LogP) is 11.6. The Morgan fingerprint density at radius 3 is 1.61 bits per heavy atom. The highest BCUT2D eigenvalue weighted by molar-refractivity contribution is 7.89. The van der Waals surface area contributed by atoms with E-state index < -0.39 is 33.9 Å². The van der Waals surface area contributed by atoms with E-state index in [0.717, 1.165) is 46.6 Å². The van der Waals surface area contributed by atoms with Crippen LogP contribution in [0.15, 0.2) is 215 Å². The Balaban J connectivity index is 0.000000144. The van der Waals surface area contributed by atoms with Crippen molar-refractivity contribution in [2.45, 2.75) is 65.4 Å². The van der Waals surface area contributed by atoms with Crippen LogP contribution in [0.3, 0.4) is 0 Å². The number of para-hydroxylation sites is 2. The summed E-state index contributed by atoms with van der Waals surface area (Å²) in [6, 6.07) is 50.8. The van der Waals surface area contributed by atoms with Gasteiger partial charge in [-0.2, -0.15) is 10.2 Å². The number of pyridine rings is 3. The first kappa shape index (κ1) is 74.7. The number of aryl methyl sites for hydroxylation is 3. The van der Waals surface area contributed by atoms with Crippen LogP contribution >= 0.6 is 11.6 Å². The van der Waals surface area contributed by atoms with E-state index in [9.17, 15) is 37.2 Å². The number of anilines is 2. The number of ether oxygens (including phenoxy) is 1. The Bertz CT molecular complexity index is 6180. The number of halogens is 1. The van der Waals surface area contributed by atoms with Crippen LogP contribution in [0.4, 0.5) is 11.4 Å². The molecule has 0 bridgehead atoms. The van der Waals surface area contributed by atoms with Gasteiger partial charge in [0.2, 0.25) is 0 Å². The van der Waals surface area contributed by atoms with Gasteiger partial charge in [0.25, 0.3) is 34.4 Å². The second-order valence-corrected chi connectivity index (χ2v) is 29.5. The zero-order valence-electron chi connectivity index (χ0n) is 61.6. The largest absolute Gasteiger partial charge is 0.378 e. The smallest absolute Gasteiger partial charge is 0.272 e. The molecule has 8 aromatic heterocycles. The van der Waals surface area contributed by atoms with E-state index in [-0.39, 0.29) is 39.9 Å². The van der Waals surface area contributed by atoms with Crippen LogP contribution in [-0.4, -0.2) is 126 Å². The molecule has 3 atom stereocenters. The van der Waals surface area contributed by atoms with Crippen LogP contribution in [0.2, 0.25) is 5.02 Å². The molecule has 1 aliphatic heterocycles. The summed E-state index contributed by atoms with van der Waals surface area (Å²) < 4.78 is 36.9. The normalized spacial score (nSPS) is 13.1. The third-order valence-electron chi connectivity index (χ3n) is 19.0. The van der Waals surface area contributed by atoms with Crippen molar-refractivity contribution in [2.75, 3.05) is 56.5 Å². The zero-order chi connectivity index (χ0) is 77.1. The lowest BCUT2D eigenvalue weighted by Crippen LogP contribution is -2.37. The molecule has 9 heterocycles. The van der Waals surface area contributed by atoms with Crippen molar-refractivity contribution in [1.29, 1.82) is 0 Å². The highest BCUT2D eigenvalue weighted by atomic mass is 35.5. The molecule has 0 unspecified atom stereocenters. The summed E-state index contributed by atoms with van der Waals surface area (Å²) in [6.07, 6.45) is 9.52. The molecule has 3 amide bonds. The standard InChI is InChI=1S/C29H28N6O3.C27H26N6O2.C26H25ClN4O4S/c1-19(31-28(36)25-20(2)32-34-13-7-12-30-27(25)34)24-18-21-8-6-11-23(33-14-16-38-17-15-33)26(21)29(37)35(24)22-9-4-3-5-10-22;1-17(29-26(34)23-18(2)30-32-15-9-14-28-25(23)32)22-16-19-10-8-13-21(31(3)4)24(19)27(35)33(22)20-11-6-5-7-12-20;1-15(22-12-19-9-6-10-20(27)23(19)26(33)31(22)3)29-25(32)24-16(2)28-13-21(30-24)18-8-5-7-17(11-18)14-36(4,34)35/h3-13,18-19H,14-17H2,1-2H3,(H,31,36);5-17H,1-4H3,(H,29,34);5-13,15H,14H2,1-4H3,(H,29,32)/t19-;17-;15-/m000/s1. The average Bonchev–Trinajstić information content (AvgIpc) is 1.53. The molecule has 0 aliphatic carbocycles. The number of hydrogen-bond acceptors (Lipinski definition) is 17. The summed E-state index contributed by atoms with van der Waals surface area (Å²) in [7, 11) is 2.28. The Hall–Kier alpha value is -12.5. The molecule has 25 nitrogen and oxygen atoms in total. The number of hydrogen-bond donors (Lipinski definition) is 3. The van der Waals surface area contributed by atoms with E-state index in [0.29, 0.717) is 113 Å². The van der Waals surface area contributed by atoms with Crippen molar-refractivity contribution >= 4 is 94.1 Å². The van der Waals surface area contributed by atoms with Gasteiger partial charge < -0.3 is 35.1 Å². The summed E-state index contributed by atoms with van der Waals surface area (Å²) in [5, 5.41) is 22.3. The highest BCUT2D eigenvalue weighted by Crippen LogP contribution is 2.32. The lowest BCUT2D eigenvalue weighted by molar-refractivity contribution is 0.0926. The fraction of sp³-hybridized carbons (Fsp3) is 0.220. The first-order valence-electron chi connectivity index (χ1n) is 35.2. The molecule has 1 aliphatic rings. The second kappa shape index (κ2) is 31.5. The van der Waals surface area contributed by atoms with E-state index >= 15 is 0 Å². The van der Waals surface area contributed by atoms with Gasteiger partial charge in [0.15, 0.2) is 21.1 Å². The van der Waals surface area contributed by atoms with Crippen LogP contribution in [0.1, 0.15) is 110 Å². The number of carbonyl (C=O) groups excluding carboxylic acids is 3. The molecule has 0 saturated carbocycles. The first-order chi connectivity index (χ1) is 52.3. The maximum atomic E-state index is 14.2. The van der Waals surface area contributed by atoms with E-state index in [4.69, 9.17) is 16.3 Å². The van der Waals surface area contributed by atoms with Gasteiger partial charge in [-0.1, -0.05) is 103 Å². The molecule has 109 heavy (non-hydrogen) atoms. The SMILES string of the molecule is Cc1ncc(-c2cccc(CS(C)(=O)=O)c2)nc1C(=O)N[C@@H](C)c1cc2cccc(Cl)c2c(=O)n1C.Cc1nn2cccnc2c1C(=O)N[C@@H](C)c1cc2cccc(N(C)C)c2c(=O)n1-c1ccccc1.Cc1nn2cccnc2c1C(=O)N[C@@H](C)c1cc2cccc(N3CCOCC3)c2c(=O)n1-c1ccccc1. The molecule has 27 heteroatoms. The number of nitrogens with one attached hydrogen (secondary N) is 3. The third-order valence-corrected chi connectivity index (χ3v) is 20.2. The summed E-state index contributed by atoms with van der Waals surface area (Å²) in [6.45, 7) is 13.5. The molecule has 0 spiro atoms. The number of sulfone groups is 1. The predicted molar refractivity (Wildman–Crippen MR) is 424 cm³/mol. The Morgan fingerprint density at radius 2 is 1.06 bits per heavy atom. The summed E-state index contributed by atoms with van der Waals surface area (Å²) in [5.74, 6) is -1.13. The first-order valence-corrected chi connectivity index (χ1v) is 37.7. The lowest BCUT2D eigenvalue weighted by atomic mass is 10.0. The molecule has 554 valence electrons. The second-order valence-electron chi connectivity index (χ2n) is 26.9. The minimum atomic E-state index is -3.20. The number of aromatic nitrogens is 11. The fourth-order valence-corrected chi connectivity index (χ4v) is 14.9. The fourth-order valence-electron chi connectivity index (χ4n) is 13.8. The Labute approximate surface area is 632 Å². The van der Waals surface area contributed by atoms with Gasteiger partial charge in [0.05, 0.1) is 92.9 Å².